The number of hydrogen-bond acceptors (Lipinski definition) is 4. The molecule has 2 unspecified atom stereocenters. The minimum Gasteiger partial charge on any atom is -0.393 e. The smallest absolute Gasteiger partial charge is 0.237 e. The van der Waals surface area contributed by atoms with E-state index in [9.17, 15) is 4.79 Å². The maximum atomic E-state index is 12.1. The molecular formula is C13H27N3O2S. The number of nitrogens with one attached hydrogen (secondary N) is 1. The molecule has 0 rings (SSSR count). The van der Waals surface area contributed by atoms with Gasteiger partial charge in [-0.05, 0) is 20.3 Å². The van der Waals surface area contributed by atoms with E-state index in [0.29, 0.717) is 31.1 Å². The van der Waals surface area contributed by atoms with Gasteiger partial charge in [0, 0.05) is 32.7 Å². The molecule has 0 radical (unpaired) electrons. The fourth-order valence-electron chi connectivity index (χ4n) is 1.59. The first kappa shape index (κ1) is 18.3. The Morgan fingerprint density at radius 3 is 2.53 bits per heavy atom. The largest absolute Gasteiger partial charge is 0.393 e. The van der Waals surface area contributed by atoms with Gasteiger partial charge in [0.2, 0.25) is 5.91 Å². The van der Waals surface area contributed by atoms with E-state index in [0.717, 1.165) is 6.42 Å². The molecule has 1 amide bonds. The summed E-state index contributed by atoms with van der Waals surface area (Å²) in [6.07, 6.45) is 1.53. The molecule has 0 fully saturated rings. The minimum absolute atomic E-state index is 0.0355. The summed E-state index contributed by atoms with van der Waals surface area (Å²) in [5.74, 6) is 0.0355. The first-order chi connectivity index (χ1) is 8.92. The minimum atomic E-state index is -0.210. The quantitative estimate of drug-likeness (QED) is 0.585. The molecular weight excluding hydrogens is 262 g/mol. The van der Waals surface area contributed by atoms with Crippen LogP contribution in [0.5, 0.6) is 0 Å². The van der Waals surface area contributed by atoms with Crippen molar-refractivity contribution in [3.05, 3.63) is 0 Å². The predicted octanol–water partition coefficient (Wildman–Crippen LogP) is 0.914. The van der Waals surface area contributed by atoms with Gasteiger partial charge in [0.1, 0.15) is 0 Å². The molecule has 0 spiro atoms. The van der Waals surface area contributed by atoms with Gasteiger partial charge in [0.25, 0.3) is 0 Å². The number of methoxy groups -OCH3 is 1. The van der Waals surface area contributed by atoms with Gasteiger partial charge in [0.15, 0.2) is 0 Å². The Morgan fingerprint density at radius 2 is 2.05 bits per heavy atom. The number of carbonyl (C=O) groups is 1. The number of ether oxygens (including phenoxy) is 1. The van der Waals surface area contributed by atoms with Crippen molar-refractivity contribution in [2.75, 3.05) is 26.8 Å². The Morgan fingerprint density at radius 1 is 1.42 bits per heavy atom. The predicted molar refractivity (Wildman–Crippen MR) is 82.2 cm³/mol. The summed E-state index contributed by atoms with van der Waals surface area (Å²) in [5, 5.41) is 2.99. The average Bonchev–Trinajstić information content (AvgIpc) is 2.37. The van der Waals surface area contributed by atoms with Gasteiger partial charge in [-0.2, -0.15) is 0 Å². The van der Waals surface area contributed by atoms with E-state index in [1.807, 2.05) is 25.7 Å². The molecule has 3 N–H and O–H groups in total. The van der Waals surface area contributed by atoms with Gasteiger partial charge in [-0.25, -0.2) is 0 Å². The number of carbonyl (C=O) groups excluding carboxylic acids is 1. The second kappa shape index (κ2) is 10.1. The van der Waals surface area contributed by atoms with E-state index in [1.165, 1.54) is 0 Å². The van der Waals surface area contributed by atoms with Gasteiger partial charge in [0.05, 0.1) is 17.6 Å². The van der Waals surface area contributed by atoms with Crippen molar-refractivity contribution < 1.29 is 9.53 Å². The van der Waals surface area contributed by atoms with Crippen LogP contribution in [0, 0.1) is 0 Å². The van der Waals surface area contributed by atoms with Crippen molar-refractivity contribution in [3.63, 3.8) is 0 Å². The number of rotatable bonds is 10. The zero-order chi connectivity index (χ0) is 14.8. The van der Waals surface area contributed by atoms with E-state index < -0.39 is 0 Å². The molecule has 0 aromatic heterocycles. The number of nitrogens with zero attached hydrogens (tertiary/aromatic N) is 1. The van der Waals surface area contributed by atoms with Gasteiger partial charge >= 0.3 is 0 Å². The molecule has 19 heavy (non-hydrogen) atoms. The summed E-state index contributed by atoms with van der Waals surface area (Å²) >= 11 is 4.89. The SMILES string of the molecule is CCC(C)NC(=O)C(C)N(CCOC)CCC(N)=S. The van der Waals surface area contributed by atoms with Gasteiger partial charge in [-0.1, -0.05) is 19.1 Å². The third-order valence-electron chi connectivity index (χ3n) is 3.16. The number of amides is 1. The molecule has 0 aliphatic heterocycles. The lowest BCUT2D eigenvalue weighted by Crippen LogP contribution is -2.49. The standard InChI is InChI=1S/C13H27N3O2S/c1-5-10(2)15-13(17)11(3)16(8-9-18-4)7-6-12(14)19/h10-11H,5-9H2,1-4H3,(H2,14,19)(H,15,17). The normalized spacial score (nSPS) is 14.2. The number of hydrogen-bond donors (Lipinski definition) is 2. The van der Waals surface area contributed by atoms with Crippen molar-refractivity contribution in [2.24, 2.45) is 5.73 Å². The van der Waals surface area contributed by atoms with Crippen LogP contribution in [-0.2, 0) is 9.53 Å². The second-order valence-electron chi connectivity index (χ2n) is 4.74. The fourth-order valence-corrected chi connectivity index (χ4v) is 1.68. The Bertz CT molecular complexity index is 287. The highest BCUT2D eigenvalue weighted by Crippen LogP contribution is 2.03. The van der Waals surface area contributed by atoms with E-state index in [1.54, 1.807) is 7.11 Å². The third-order valence-corrected chi connectivity index (χ3v) is 3.36. The number of thiocarbonyl (C=S) groups is 1. The van der Waals surface area contributed by atoms with Crippen molar-refractivity contribution in [1.29, 1.82) is 0 Å². The van der Waals surface area contributed by atoms with Gasteiger partial charge in [-0.15, -0.1) is 0 Å². The maximum absolute atomic E-state index is 12.1. The highest BCUT2D eigenvalue weighted by atomic mass is 32.1. The van der Waals surface area contributed by atoms with Crippen LogP contribution >= 0.6 is 12.2 Å². The molecule has 6 heteroatoms. The molecule has 0 bridgehead atoms. The lowest BCUT2D eigenvalue weighted by molar-refractivity contribution is -0.126. The zero-order valence-corrected chi connectivity index (χ0v) is 13.3. The molecule has 0 saturated carbocycles. The van der Waals surface area contributed by atoms with Gasteiger partial charge in [-0.3, -0.25) is 9.69 Å². The molecule has 0 heterocycles. The van der Waals surface area contributed by atoms with Crippen molar-refractivity contribution >= 4 is 23.1 Å². The number of nitrogens with two attached hydrogens (primary N) is 1. The summed E-state index contributed by atoms with van der Waals surface area (Å²) in [7, 11) is 1.65. The Balaban J connectivity index is 4.45. The van der Waals surface area contributed by atoms with Crippen molar-refractivity contribution in [1.82, 2.24) is 10.2 Å². The molecule has 0 aliphatic rings. The van der Waals surface area contributed by atoms with Crippen LogP contribution in [0.4, 0.5) is 0 Å². The maximum Gasteiger partial charge on any atom is 0.237 e. The van der Waals surface area contributed by atoms with E-state index in [-0.39, 0.29) is 18.0 Å². The Kier molecular flexibility index (Phi) is 9.73. The molecule has 0 saturated heterocycles. The summed E-state index contributed by atoms with van der Waals surface area (Å²) in [6, 6.07) is -0.0201. The van der Waals surface area contributed by atoms with Crippen LogP contribution in [0.1, 0.15) is 33.6 Å². The molecule has 0 aromatic carbocycles. The fraction of sp³-hybridized carbons (Fsp3) is 0.846. The summed E-state index contributed by atoms with van der Waals surface area (Å²) in [4.78, 5) is 14.6. The molecule has 5 nitrogen and oxygen atoms in total. The molecule has 112 valence electrons. The Labute approximate surface area is 121 Å². The first-order valence-corrected chi connectivity index (χ1v) is 7.14. The first-order valence-electron chi connectivity index (χ1n) is 6.74. The van der Waals surface area contributed by atoms with Crippen molar-refractivity contribution in [2.45, 2.75) is 45.7 Å². The zero-order valence-electron chi connectivity index (χ0n) is 12.4. The Hall–Kier alpha value is -0.720. The van der Waals surface area contributed by atoms with Crippen LogP contribution in [-0.4, -0.2) is 54.7 Å². The molecule has 2 atom stereocenters. The van der Waals surface area contributed by atoms with Crippen LogP contribution in [0.3, 0.4) is 0 Å². The lowest BCUT2D eigenvalue weighted by Gasteiger charge is -2.28. The topological polar surface area (TPSA) is 67.6 Å². The summed E-state index contributed by atoms with van der Waals surface area (Å²) in [5.41, 5.74) is 5.52. The highest BCUT2D eigenvalue weighted by Gasteiger charge is 2.21. The van der Waals surface area contributed by atoms with Gasteiger partial charge < -0.3 is 15.8 Å². The lowest BCUT2D eigenvalue weighted by atomic mass is 10.2. The highest BCUT2D eigenvalue weighted by molar-refractivity contribution is 7.80. The van der Waals surface area contributed by atoms with E-state index in [4.69, 9.17) is 22.7 Å². The monoisotopic (exact) mass is 289 g/mol. The van der Waals surface area contributed by atoms with Crippen LogP contribution in [0.25, 0.3) is 0 Å². The summed E-state index contributed by atoms with van der Waals surface area (Å²) in [6.45, 7) is 7.89. The summed E-state index contributed by atoms with van der Waals surface area (Å²) < 4.78 is 5.07. The third kappa shape index (κ3) is 8.13. The molecule has 0 aromatic rings. The second-order valence-corrected chi connectivity index (χ2v) is 5.26. The van der Waals surface area contributed by atoms with Crippen LogP contribution in [0.15, 0.2) is 0 Å². The van der Waals surface area contributed by atoms with Crippen molar-refractivity contribution in [3.8, 4) is 0 Å². The van der Waals surface area contributed by atoms with Crippen LogP contribution in [0.2, 0.25) is 0 Å². The van der Waals surface area contributed by atoms with E-state index in [2.05, 4.69) is 5.32 Å². The average molecular weight is 289 g/mol. The van der Waals surface area contributed by atoms with E-state index >= 15 is 0 Å². The molecule has 0 aliphatic carbocycles. The van der Waals surface area contributed by atoms with Crippen LogP contribution < -0.4 is 11.1 Å².